The summed E-state index contributed by atoms with van der Waals surface area (Å²) in [6.45, 7) is 3.73. The molecule has 0 saturated carbocycles. The van der Waals surface area contributed by atoms with Crippen LogP contribution in [0.2, 0.25) is 0 Å². The summed E-state index contributed by atoms with van der Waals surface area (Å²) in [5.74, 6) is -0.335. The highest BCUT2D eigenvalue weighted by Crippen LogP contribution is 2.24. The van der Waals surface area contributed by atoms with Crippen LogP contribution in [0.3, 0.4) is 0 Å². The molecule has 0 amide bonds. The lowest BCUT2D eigenvalue weighted by atomic mass is 10.1. The highest BCUT2D eigenvalue weighted by molar-refractivity contribution is 7.97. The molecule has 0 radical (unpaired) electrons. The fraction of sp³-hybridized carbons (Fsp3) is 0.500. The third-order valence-corrected chi connectivity index (χ3v) is 7.25. The second-order valence-electron chi connectivity index (χ2n) is 4.92. The number of hydrogen-bond donors (Lipinski definition) is 1. The molecular weight excluding hydrogens is 286 g/mol. The summed E-state index contributed by atoms with van der Waals surface area (Å²) < 4.78 is 49.6. The van der Waals surface area contributed by atoms with E-state index in [9.17, 15) is 16.8 Å². The van der Waals surface area contributed by atoms with Gasteiger partial charge in [0.05, 0.1) is 22.4 Å². The number of nitrogens with one attached hydrogen (secondary N) is 1. The van der Waals surface area contributed by atoms with E-state index < -0.39 is 25.1 Å². The molecule has 1 heterocycles. The van der Waals surface area contributed by atoms with Gasteiger partial charge in [0.15, 0.2) is 9.84 Å². The Balaban J connectivity index is 2.25. The Bertz CT molecular complexity index is 692. The van der Waals surface area contributed by atoms with Gasteiger partial charge in [-0.3, -0.25) is 4.72 Å². The number of rotatable bonds is 3. The molecule has 19 heavy (non-hydrogen) atoms. The SMILES string of the molecule is Cc1cccc(NS(=O)(=O)[C@@H]2CCS(=O)(=O)C2)c1C. The first-order valence-corrected chi connectivity index (χ1v) is 9.36. The lowest BCUT2D eigenvalue weighted by Crippen LogP contribution is -2.29. The van der Waals surface area contributed by atoms with Crippen molar-refractivity contribution in [3.63, 3.8) is 0 Å². The summed E-state index contributed by atoms with van der Waals surface area (Å²) in [5.41, 5.74) is 2.36. The highest BCUT2D eigenvalue weighted by Gasteiger charge is 2.37. The zero-order valence-electron chi connectivity index (χ0n) is 10.9. The van der Waals surface area contributed by atoms with E-state index in [1.165, 1.54) is 0 Å². The molecule has 1 N–H and O–H groups in total. The highest BCUT2D eigenvalue weighted by atomic mass is 32.2. The molecule has 1 saturated heterocycles. The summed E-state index contributed by atoms with van der Waals surface area (Å²) >= 11 is 0. The quantitative estimate of drug-likeness (QED) is 0.911. The lowest BCUT2D eigenvalue weighted by Gasteiger charge is -2.15. The Morgan fingerprint density at radius 1 is 1.26 bits per heavy atom. The Labute approximate surface area is 114 Å². The van der Waals surface area contributed by atoms with Gasteiger partial charge in [-0.15, -0.1) is 0 Å². The predicted molar refractivity (Wildman–Crippen MR) is 75.5 cm³/mol. The third kappa shape index (κ3) is 3.09. The minimum atomic E-state index is -3.65. The summed E-state index contributed by atoms with van der Waals surface area (Å²) in [6, 6.07) is 5.35. The molecule has 2 rings (SSSR count). The van der Waals surface area contributed by atoms with Crippen LogP contribution in [-0.4, -0.2) is 33.6 Å². The Kier molecular flexibility index (Phi) is 3.61. The number of benzene rings is 1. The van der Waals surface area contributed by atoms with E-state index in [0.29, 0.717) is 5.69 Å². The molecule has 0 bridgehead atoms. The molecule has 5 nitrogen and oxygen atoms in total. The van der Waals surface area contributed by atoms with Gasteiger partial charge in [-0.05, 0) is 37.5 Å². The number of hydrogen-bond acceptors (Lipinski definition) is 4. The van der Waals surface area contributed by atoms with Crippen molar-refractivity contribution in [3.8, 4) is 0 Å². The summed E-state index contributed by atoms with van der Waals surface area (Å²) in [7, 11) is -6.86. The van der Waals surface area contributed by atoms with Crippen LogP contribution < -0.4 is 4.72 Å². The van der Waals surface area contributed by atoms with Gasteiger partial charge in [-0.1, -0.05) is 12.1 Å². The molecule has 1 aliphatic heterocycles. The standard InChI is InChI=1S/C12H17NO4S2/c1-9-4-3-5-12(10(9)2)13-19(16,17)11-6-7-18(14,15)8-11/h3-5,11,13H,6-8H2,1-2H3/t11-/m1/s1. The minimum Gasteiger partial charge on any atom is -0.283 e. The maximum atomic E-state index is 12.2. The number of anilines is 1. The number of sulfonamides is 1. The predicted octanol–water partition coefficient (Wildman–Crippen LogP) is 1.23. The normalized spacial score (nSPS) is 22.3. The molecule has 0 spiro atoms. The summed E-state index contributed by atoms with van der Waals surface area (Å²) in [4.78, 5) is 0. The van der Waals surface area contributed by atoms with Gasteiger partial charge in [0, 0.05) is 0 Å². The second-order valence-corrected chi connectivity index (χ2v) is 9.11. The largest absolute Gasteiger partial charge is 0.283 e. The fourth-order valence-corrected chi connectivity index (χ4v) is 6.26. The van der Waals surface area contributed by atoms with Crippen LogP contribution in [0, 0.1) is 13.8 Å². The number of aryl methyl sites for hydroxylation is 1. The fourth-order valence-electron chi connectivity index (χ4n) is 2.10. The van der Waals surface area contributed by atoms with E-state index in [1.54, 1.807) is 12.1 Å². The van der Waals surface area contributed by atoms with Crippen LogP contribution in [-0.2, 0) is 19.9 Å². The summed E-state index contributed by atoms with van der Waals surface area (Å²) in [6.07, 6.45) is 0.169. The summed E-state index contributed by atoms with van der Waals surface area (Å²) in [5, 5.41) is -0.850. The smallest absolute Gasteiger partial charge is 0.236 e. The molecule has 0 aliphatic carbocycles. The van der Waals surface area contributed by atoms with Gasteiger partial charge in [-0.2, -0.15) is 0 Å². The van der Waals surface area contributed by atoms with Crippen LogP contribution in [0.25, 0.3) is 0 Å². The van der Waals surface area contributed by atoms with Crippen LogP contribution in [0.15, 0.2) is 18.2 Å². The minimum absolute atomic E-state index is 0.0502. The topological polar surface area (TPSA) is 80.3 Å². The average molecular weight is 303 g/mol. The molecule has 1 atom stereocenters. The first-order valence-electron chi connectivity index (χ1n) is 5.99. The van der Waals surface area contributed by atoms with Crippen molar-refractivity contribution < 1.29 is 16.8 Å². The van der Waals surface area contributed by atoms with Crippen LogP contribution >= 0.6 is 0 Å². The van der Waals surface area contributed by atoms with Gasteiger partial charge in [0.2, 0.25) is 10.0 Å². The van der Waals surface area contributed by atoms with Crippen molar-refractivity contribution in [2.24, 2.45) is 0 Å². The molecule has 1 fully saturated rings. The Morgan fingerprint density at radius 2 is 1.95 bits per heavy atom. The van der Waals surface area contributed by atoms with Gasteiger partial charge in [0.25, 0.3) is 0 Å². The van der Waals surface area contributed by atoms with Gasteiger partial charge in [0.1, 0.15) is 0 Å². The molecule has 7 heteroatoms. The van der Waals surface area contributed by atoms with E-state index in [1.807, 2.05) is 19.9 Å². The van der Waals surface area contributed by atoms with Gasteiger partial charge in [-0.25, -0.2) is 16.8 Å². The average Bonchev–Trinajstić information content (AvgIpc) is 2.66. The van der Waals surface area contributed by atoms with Crippen molar-refractivity contribution in [2.75, 3.05) is 16.2 Å². The maximum Gasteiger partial charge on any atom is 0.236 e. The van der Waals surface area contributed by atoms with Crippen molar-refractivity contribution in [1.82, 2.24) is 0 Å². The maximum absolute atomic E-state index is 12.2. The molecular formula is C12H17NO4S2. The first-order chi connectivity index (χ1) is 8.71. The molecule has 106 valence electrons. The molecule has 0 aromatic heterocycles. The van der Waals surface area contributed by atoms with Crippen molar-refractivity contribution >= 4 is 25.5 Å². The van der Waals surface area contributed by atoms with E-state index in [0.717, 1.165) is 11.1 Å². The zero-order valence-corrected chi connectivity index (χ0v) is 12.5. The van der Waals surface area contributed by atoms with Gasteiger partial charge >= 0.3 is 0 Å². The van der Waals surface area contributed by atoms with Crippen molar-refractivity contribution in [2.45, 2.75) is 25.5 Å². The molecule has 1 aromatic carbocycles. The third-order valence-electron chi connectivity index (χ3n) is 3.49. The van der Waals surface area contributed by atoms with Crippen molar-refractivity contribution in [1.29, 1.82) is 0 Å². The van der Waals surface area contributed by atoms with Crippen LogP contribution in [0.4, 0.5) is 5.69 Å². The van der Waals surface area contributed by atoms with Gasteiger partial charge < -0.3 is 0 Å². The van der Waals surface area contributed by atoms with Crippen LogP contribution in [0.1, 0.15) is 17.5 Å². The van der Waals surface area contributed by atoms with E-state index >= 15 is 0 Å². The Morgan fingerprint density at radius 3 is 2.53 bits per heavy atom. The molecule has 0 unspecified atom stereocenters. The van der Waals surface area contributed by atoms with Crippen molar-refractivity contribution in [3.05, 3.63) is 29.3 Å². The van der Waals surface area contributed by atoms with E-state index in [-0.39, 0.29) is 17.9 Å². The Hall–Kier alpha value is -1.08. The zero-order chi connectivity index (χ0) is 14.3. The molecule has 1 aromatic rings. The number of sulfone groups is 1. The monoisotopic (exact) mass is 303 g/mol. The van der Waals surface area contributed by atoms with Crippen LogP contribution in [0.5, 0.6) is 0 Å². The first kappa shape index (κ1) is 14.3. The molecule has 1 aliphatic rings. The van der Waals surface area contributed by atoms with E-state index in [2.05, 4.69) is 4.72 Å². The lowest BCUT2D eigenvalue weighted by molar-refractivity contribution is 0.587. The van der Waals surface area contributed by atoms with E-state index in [4.69, 9.17) is 0 Å². The second kappa shape index (κ2) is 4.79.